The number of rotatable bonds is 1. The predicted octanol–water partition coefficient (Wildman–Crippen LogP) is 2.46. The van der Waals surface area contributed by atoms with Crippen LogP contribution >= 0.6 is 0 Å². The van der Waals surface area contributed by atoms with Crippen molar-refractivity contribution in [1.29, 1.82) is 0 Å². The molecule has 0 saturated carbocycles. The van der Waals surface area contributed by atoms with Crippen molar-refractivity contribution in [2.24, 2.45) is 5.10 Å². The van der Waals surface area contributed by atoms with Gasteiger partial charge in [0, 0.05) is 28.7 Å². The Morgan fingerprint density at radius 2 is 2.06 bits per heavy atom. The molecule has 0 aliphatic carbocycles. The fourth-order valence-electron chi connectivity index (χ4n) is 2.55. The molecule has 2 heterocycles. The number of aryl methyl sites for hydroxylation is 1. The summed E-state index contributed by atoms with van der Waals surface area (Å²) in [6, 6.07) is 8.12. The molecule has 2 N–H and O–H groups in total. The lowest BCUT2D eigenvalue weighted by Crippen LogP contribution is -2.32. The van der Waals surface area contributed by atoms with Crippen LogP contribution in [0, 0.1) is 6.92 Å². The zero-order chi connectivity index (χ0) is 12.7. The molecular weight excluding hydrogens is 226 g/mol. The largest absolute Gasteiger partial charge is 0.357 e. The van der Waals surface area contributed by atoms with E-state index in [-0.39, 0.29) is 11.8 Å². The van der Waals surface area contributed by atoms with Gasteiger partial charge in [0.25, 0.3) is 0 Å². The topological polar surface area (TPSA) is 57.2 Å². The van der Waals surface area contributed by atoms with Crippen LogP contribution in [0.2, 0.25) is 0 Å². The number of benzene rings is 1. The molecule has 1 amide bonds. The zero-order valence-electron chi connectivity index (χ0n) is 10.4. The maximum Gasteiger partial charge on any atom is 0.249 e. The van der Waals surface area contributed by atoms with E-state index in [0.717, 1.165) is 22.5 Å². The van der Waals surface area contributed by atoms with Crippen molar-refractivity contribution in [2.75, 3.05) is 0 Å². The number of nitrogens with zero attached hydrogens (tertiary/aromatic N) is 1. The number of hydrazone groups is 1. The molecule has 0 radical (unpaired) electrons. The molecule has 1 aromatic carbocycles. The summed E-state index contributed by atoms with van der Waals surface area (Å²) >= 11 is 0. The van der Waals surface area contributed by atoms with E-state index >= 15 is 0 Å². The van der Waals surface area contributed by atoms with Gasteiger partial charge in [-0.2, -0.15) is 5.10 Å². The van der Waals surface area contributed by atoms with Gasteiger partial charge in [0.15, 0.2) is 0 Å². The lowest BCUT2D eigenvalue weighted by atomic mass is 9.94. The van der Waals surface area contributed by atoms with Gasteiger partial charge in [0.05, 0.1) is 5.92 Å². The number of amides is 1. The Kier molecular flexibility index (Phi) is 2.44. The molecular formula is C14H15N3O. The summed E-state index contributed by atoms with van der Waals surface area (Å²) in [4.78, 5) is 15.3. The number of carbonyl (C=O) groups is 1. The lowest BCUT2D eigenvalue weighted by molar-refractivity contribution is -0.122. The molecule has 4 heteroatoms. The summed E-state index contributed by atoms with van der Waals surface area (Å²) in [7, 11) is 0. The summed E-state index contributed by atoms with van der Waals surface area (Å²) < 4.78 is 0. The second kappa shape index (κ2) is 3.98. The third-order valence-corrected chi connectivity index (χ3v) is 3.53. The quantitative estimate of drug-likeness (QED) is 0.791. The Morgan fingerprint density at radius 1 is 1.28 bits per heavy atom. The highest BCUT2D eigenvalue weighted by Crippen LogP contribution is 2.30. The summed E-state index contributed by atoms with van der Waals surface area (Å²) in [6.07, 6.45) is 0.680. The number of aromatic nitrogens is 1. The Bertz CT molecular complexity index is 654. The third kappa shape index (κ3) is 1.61. The lowest BCUT2D eigenvalue weighted by Gasteiger charge is -2.19. The minimum Gasteiger partial charge on any atom is -0.357 e. The molecule has 1 aromatic heterocycles. The molecule has 0 bridgehead atoms. The van der Waals surface area contributed by atoms with E-state index in [1.807, 2.05) is 25.1 Å². The van der Waals surface area contributed by atoms with E-state index in [1.165, 1.54) is 5.39 Å². The predicted molar refractivity (Wildman–Crippen MR) is 71.6 cm³/mol. The average molecular weight is 241 g/mol. The number of nitrogens with one attached hydrogen (secondary N) is 2. The van der Waals surface area contributed by atoms with E-state index in [2.05, 4.69) is 28.5 Å². The van der Waals surface area contributed by atoms with Gasteiger partial charge in [-0.25, -0.2) is 5.43 Å². The minimum absolute atomic E-state index is 0.0322. The molecule has 1 aliphatic rings. The zero-order valence-corrected chi connectivity index (χ0v) is 10.4. The summed E-state index contributed by atoms with van der Waals surface area (Å²) in [5, 5.41) is 5.15. The number of para-hydroxylation sites is 1. The average Bonchev–Trinajstić information content (AvgIpc) is 2.71. The number of hydrogen-bond donors (Lipinski definition) is 2. The van der Waals surface area contributed by atoms with Crippen LogP contribution in [-0.4, -0.2) is 16.6 Å². The van der Waals surface area contributed by atoms with E-state index in [4.69, 9.17) is 0 Å². The van der Waals surface area contributed by atoms with E-state index in [1.54, 1.807) is 0 Å². The Hall–Kier alpha value is -2.10. The molecule has 18 heavy (non-hydrogen) atoms. The molecule has 2 aromatic rings. The molecule has 92 valence electrons. The molecule has 4 nitrogen and oxygen atoms in total. The smallest absolute Gasteiger partial charge is 0.249 e. The molecule has 0 saturated heterocycles. The minimum atomic E-state index is -0.158. The molecule has 1 atom stereocenters. The van der Waals surface area contributed by atoms with Crippen LogP contribution in [0.3, 0.4) is 0 Å². The van der Waals surface area contributed by atoms with Crippen molar-refractivity contribution in [2.45, 2.75) is 26.2 Å². The number of hydrogen-bond acceptors (Lipinski definition) is 2. The van der Waals surface area contributed by atoms with Crippen LogP contribution in [0.4, 0.5) is 0 Å². The SMILES string of the molecule is CC1=NNC(=O)C(c2[nH]c3ccccc3c2C)C1. The second-order valence-corrected chi connectivity index (χ2v) is 4.79. The number of fused-ring (bicyclic) bond motifs is 1. The van der Waals surface area contributed by atoms with Gasteiger partial charge < -0.3 is 4.98 Å². The molecule has 0 fully saturated rings. The standard InChI is InChI=1S/C14H15N3O/c1-8-7-11(14(18)17-16-8)13-9(2)10-5-3-4-6-12(10)15-13/h3-6,11,15H,7H2,1-2H3,(H,17,18). The van der Waals surface area contributed by atoms with Gasteiger partial charge in [-0.15, -0.1) is 0 Å². The monoisotopic (exact) mass is 241 g/mol. The number of H-pyrrole nitrogens is 1. The van der Waals surface area contributed by atoms with E-state index < -0.39 is 0 Å². The Labute approximate surface area is 105 Å². The van der Waals surface area contributed by atoms with Crippen LogP contribution in [0.25, 0.3) is 10.9 Å². The van der Waals surface area contributed by atoms with Gasteiger partial charge in [-0.1, -0.05) is 18.2 Å². The van der Waals surface area contributed by atoms with Gasteiger partial charge >= 0.3 is 0 Å². The second-order valence-electron chi connectivity index (χ2n) is 4.79. The maximum absolute atomic E-state index is 11.9. The molecule has 0 spiro atoms. The fourth-order valence-corrected chi connectivity index (χ4v) is 2.55. The normalized spacial score (nSPS) is 19.8. The molecule has 3 rings (SSSR count). The van der Waals surface area contributed by atoms with Crippen molar-refractivity contribution < 1.29 is 4.79 Å². The van der Waals surface area contributed by atoms with Crippen molar-refractivity contribution in [3.05, 3.63) is 35.5 Å². The fraction of sp³-hybridized carbons (Fsp3) is 0.286. The van der Waals surface area contributed by atoms with Gasteiger partial charge in [-0.3, -0.25) is 4.79 Å². The maximum atomic E-state index is 11.9. The van der Waals surface area contributed by atoms with Gasteiger partial charge in [0.2, 0.25) is 5.91 Å². The number of carbonyl (C=O) groups excluding carboxylic acids is 1. The molecule has 1 unspecified atom stereocenters. The first kappa shape index (κ1) is 11.0. The van der Waals surface area contributed by atoms with Crippen LogP contribution in [0.15, 0.2) is 29.4 Å². The van der Waals surface area contributed by atoms with E-state index in [0.29, 0.717) is 6.42 Å². The first-order chi connectivity index (χ1) is 8.66. The van der Waals surface area contributed by atoms with Crippen LogP contribution < -0.4 is 5.43 Å². The Morgan fingerprint density at radius 3 is 2.83 bits per heavy atom. The van der Waals surface area contributed by atoms with Crippen molar-refractivity contribution in [3.8, 4) is 0 Å². The van der Waals surface area contributed by atoms with Gasteiger partial charge in [-0.05, 0) is 25.5 Å². The highest BCUT2D eigenvalue weighted by atomic mass is 16.2. The van der Waals surface area contributed by atoms with Crippen LogP contribution in [-0.2, 0) is 4.79 Å². The van der Waals surface area contributed by atoms with Crippen molar-refractivity contribution in [3.63, 3.8) is 0 Å². The van der Waals surface area contributed by atoms with E-state index in [9.17, 15) is 4.79 Å². The summed E-state index contributed by atoms with van der Waals surface area (Å²) in [6.45, 7) is 3.99. The first-order valence-corrected chi connectivity index (χ1v) is 6.07. The highest BCUT2D eigenvalue weighted by Gasteiger charge is 2.28. The molecule has 1 aliphatic heterocycles. The first-order valence-electron chi connectivity index (χ1n) is 6.07. The third-order valence-electron chi connectivity index (χ3n) is 3.53. The van der Waals surface area contributed by atoms with Crippen molar-refractivity contribution >= 4 is 22.5 Å². The van der Waals surface area contributed by atoms with Crippen molar-refractivity contribution in [1.82, 2.24) is 10.4 Å². The summed E-state index contributed by atoms with van der Waals surface area (Å²) in [5.74, 6) is -0.190. The number of aromatic amines is 1. The van der Waals surface area contributed by atoms with Crippen LogP contribution in [0.1, 0.15) is 30.5 Å². The van der Waals surface area contributed by atoms with Crippen LogP contribution in [0.5, 0.6) is 0 Å². The highest BCUT2D eigenvalue weighted by molar-refractivity contribution is 5.97. The Balaban J connectivity index is 2.12. The van der Waals surface area contributed by atoms with Gasteiger partial charge in [0.1, 0.15) is 0 Å². The summed E-state index contributed by atoms with van der Waals surface area (Å²) in [5.41, 5.74) is 6.77.